The number of rotatable bonds is 52. The second-order valence-electron chi connectivity index (χ2n) is 19.1. The van der Waals surface area contributed by atoms with E-state index in [2.05, 4.69) is 179 Å². The van der Waals surface area contributed by atoms with E-state index < -0.39 is 6.10 Å². The van der Waals surface area contributed by atoms with Gasteiger partial charge in [0.05, 0.1) is 0 Å². The number of carbonyl (C=O) groups excluding carboxylic acids is 3. The Kier molecular flexibility index (Phi) is 57.5. The van der Waals surface area contributed by atoms with Crippen molar-refractivity contribution in [2.24, 2.45) is 0 Å². The van der Waals surface area contributed by atoms with Gasteiger partial charge in [-0.25, -0.2) is 0 Å². The average Bonchev–Trinajstić information content (AvgIpc) is 3.41. The van der Waals surface area contributed by atoms with Gasteiger partial charge in [-0.3, -0.25) is 14.4 Å². The van der Waals surface area contributed by atoms with Crippen LogP contribution in [0.1, 0.15) is 239 Å². The van der Waals surface area contributed by atoms with Crippen molar-refractivity contribution in [2.45, 2.75) is 245 Å². The SMILES string of the molecule is CC/C=C\C/C=C\C/C=C\C/C=C\C/C=C\C/C=C\C/C=C\C/C=C\C/C=C\CCCC(=O)OCC(COC(=O)CCCCCCC/C=C\CCCCCC)OC(=O)CCCCCCC/C=C\C/C=C\C/C=C\CC. The van der Waals surface area contributed by atoms with Gasteiger partial charge in [0.2, 0.25) is 0 Å². The van der Waals surface area contributed by atoms with E-state index in [1.165, 1.54) is 38.5 Å². The van der Waals surface area contributed by atoms with Gasteiger partial charge >= 0.3 is 17.9 Å². The van der Waals surface area contributed by atoms with Gasteiger partial charge in [-0.1, -0.05) is 237 Å². The standard InChI is InChI=1S/C69H108O6/c1-4-7-10-13-16-19-22-25-27-28-29-30-31-32-33-34-35-36-37-38-39-40-42-44-47-50-53-56-59-62-68(71)74-65-66(64-73-67(70)61-58-55-52-49-46-43-24-21-18-15-12-9-6-3)75-69(72)63-60-57-54-51-48-45-41-26-23-20-17-14-11-8-5-2/h7-8,10-11,16-17,19-21,24-27,29-30,32-33,35-36,38-39,41-42,44,50,53,66H,4-6,9,12-15,18,22-23,28,31,34,37,40,43,45-49,51-52,54-65H2,1-3H3/b10-7-,11-8-,19-16-,20-17-,24-21-,27-25-,30-29-,33-32-,36-35-,39-38-,41-26-,44-42-,53-50-. The third-order valence-electron chi connectivity index (χ3n) is 12.0. The zero-order valence-electron chi connectivity index (χ0n) is 48.0. The maximum absolute atomic E-state index is 12.8. The highest BCUT2D eigenvalue weighted by Crippen LogP contribution is 2.13. The topological polar surface area (TPSA) is 78.9 Å². The summed E-state index contributed by atoms with van der Waals surface area (Å²) in [6.07, 6.45) is 89.6. The zero-order chi connectivity index (χ0) is 54.3. The van der Waals surface area contributed by atoms with Gasteiger partial charge < -0.3 is 14.2 Å². The number of hydrogen-bond donors (Lipinski definition) is 0. The molecule has 0 heterocycles. The Balaban J connectivity index is 4.47. The van der Waals surface area contributed by atoms with Crippen LogP contribution >= 0.6 is 0 Å². The highest BCUT2D eigenvalue weighted by Gasteiger charge is 2.19. The van der Waals surface area contributed by atoms with Crippen LogP contribution < -0.4 is 0 Å². The van der Waals surface area contributed by atoms with Crippen LogP contribution in [0.4, 0.5) is 0 Å². The monoisotopic (exact) mass is 1030 g/mol. The number of esters is 3. The Bertz CT molecular complexity index is 1710. The van der Waals surface area contributed by atoms with E-state index in [4.69, 9.17) is 14.2 Å². The molecule has 1 atom stereocenters. The van der Waals surface area contributed by atoms with E-state index in [0.717, 1.165) is 154 Å². The first-order chi connectivity index (χ1) is 37.0. The molecule has 0 aliphatic rings. The summed E-state index contributed by atoms with van der Waals surface area (Å²) in [6, 6.07) is 0. The van der Waals surface area contributed by atoms with Crippen molar-refractivity contribution in [3.05, 3.63) is 158 Å². The first-order valence-corrected chi connectivity index (χ1v) is 30.0. The molecular formula is C69H108O6. The molecule has 0 rings (SSSR count). The van der Waals surface area contributed by atoms with Gasteiger partial charge in [0.25, 0.3) is 0 Å². The number of hydrogen-bond acceptors (Lipinski definition) is 6. The van der Waals surface area contributed by atoms with Crippen molar-refractivity contribution in [1.29, 1.82) is 0 Å². The van der Waals surface area contributed by atoms with Crippen molar-refractivity contribution in [1.82, 2.24) is 0 Å². The van der Waals surface area contributed by atoms with Crippen LogP contribution in [0.25, 0.3) is 0 Å². The largest absolute Gasteiger partial charge is 0.462 e. The fraction of sp³-hybridized carbons (Fsp3) is 0.580. The molecule has 0 aliphatic heterocycles. The highest BCUT2D eigenvalue weighted by atomic mass is 16.6. The zero-order valence-corrected chi connectivity index (χ0v) is 48.0. The molecule has 0 radical (unpaired) electrons. The molecule has 0 spiro atoms. The summed E-state index contributed by atoms with van der Waals surface area (Å²) in [4.78, 5) is 38.1. The molecule has 420 valence electrons. The summed E-state index contributed by atoms with van der Waals surface area (Å²) >= 11 is 0. The Morgan fingerprint density at radius 3 is 0.880 bits per heavy atom. The molecule has 0 aromatic rings. The minimum atomic E-state index is -0.822. The van der Waals surface area contributed by atoms with Crippen molar-refractivity contribution in [3.63, 3.8) is 0 Å². The van der Waals surface area contributed by atoms with Crippen molar-refractivity contribution >= 4 is 17.9 Å². The lowest BCUT2D eigenvalue weighted by Crippen LogP contribution is -2.30. The predicted octanol–water partition coefficient (Wildman–Crippen LogP) is 20.5. The molecule has 1 unspecified atom stereocenters. The number of unbranched alkanes of at least 4 members (excludes halogenated alkanes) is 15. The summed E-state index contributed by atoms with van der Waals surface area (Å²) < 4.78 is 16.8. The fourth-order valence-corrected chi connectivity index (χ4v) is 7.57. The van der Waals surface area contributed by atoms with Gasteiger partial charge in [-0.05, 0) is 141 Å². The van der Waals surface area contributed by atoms with Crippen LogP contribution in [0.15, 0.2) is 158 Å². The molecule has 0 aromatic carbocycles. The minimum Gasteiger partial charge on any atom is -0.462 e. The van der Waals surface area contributed by atoms with Crippen LogP contribution in [-0.2, 0) is 28.6 Å². The highest BCUT2D eigenvalue weighted by molar-refractivity contribution is 5.71. The minimum absolute atomic E-state index is 0.114. The number of ether oxygens (including phenoxy) is 3. The summed E-state index contributed by atoms with van der Waals surface area (Å²) in [5, 5.41) is 0. The fourth-order valence-electron chi connectivity index (χ4n) is 7.57. The van der Waals surface area contributed by atoms with E-state index in [1.54, 1.807) is 0 Å². The van der Waals surface area contributed by atoms with E-state index in [1.807, 2.05) is 0 Å². The molecule has 0 amide bonds. The lowest BCUT2D eigenvalue weighted by molar-refractivity contribution is -0.167. The molecule has 75 heavy (non-hydrogen) atoms. The van der Waals surface area contributed by atoms with Gasteiger partial charge in [0.1, 0.15) is 13.2 Å². The van der Waals surface area contributed by atoms with Gasteiger partial charge in [-0.15, -0.1) is 0 Å². The smallest absolute Gasteiger partial charge is 0.306 e. The predicted molar refractivity (Wildman–Crippen MR) is 325 cm³/mol. The second kappa shape index (κ2) is 61.6. The quantitative estimate of drug-likeness (QED) is 0.0261. The summed E-state index contributed by atoms with van der Waals surface area (Å²) in [5.41, 5.74) is 0. The molecule has 0 saturated carbocycles. The lowest BCUT2D eigenvalue weighted by atomic mass is 10.1. The first kappa shape index (κ1) is 70.0. The van der Waals surface area contributed by atoms with E-state index >= 15 is 0 Å². The molecule has 0 aromatic heterocycles. The molecule has 0 saturated heterocycles. The van der Waals surface area contributed by atoms with E-state index in [9.17, 15) is 14.4 Å². The van der Waals surface area contributed by atoms with Crippen LogP contribution in [0.3, 0.4) is 0 Å². The van der Waals surface area contributed by atoms with Gasteiger partial charge in [0, 0.05) is 19.3 Å². The third kappa shape index (κ3) is 59.8. The summed E-state index contributed by atoms with van der Waals surface area (Å²) in [7, 11) is 0. The Labute approximate surface area is 460 Å². The first-order valence-electron chi connectivity index (χ1n) is 30.0. The molecule has 0 N–H and O–H groups in total. The molecule has 0 aliphatic carbocycles. The molecule has 0 bridgehead atoms. The van der Waals surface area contributed by atoms with Crippen LogP contribution in [0.5, 0.6) is 0 Å². The second-order valence-corrected chi connectivity index (χ2v) is 19.1. The lowest BCUT2D eigenvalue weighted by Gasteiger charge is -2.18. The Morgan fingerprint density at radius 1 is 0.280 bits per heavy atom. The van der Waals surface area contributed by atoms with E-state index in [0.29, 0.717) is 12.8 Å². The number of allylic oxidation sites excluding steroid dienone is 26. The molecule has 6 nitrogen and oxygen atoms in total. The van der Waals surface area contributed by atoms with Crippen molar-refractivity contribution < 1.29 is 28.6 Å². The molecule has 0 fully saturated rings. The average molecular weight is 1030 g/mol. The van der Waals surface area contributed by atoms with Crippen LogP contribution in [0, 0.1) is 0 Å². The van der Waals surface area contributed by atoms with Crippen molar-refractivity contribution in [3.8, 4) is 0 Å². The number of carbonyl (C=O) groups is 3. The van der Waals surface area contributed by atoms with Crippen molar-refractivity contribution in [2.75, 3.05) is 13.2 Å². The van der Waals surface area contributed by atoms with Gasteiger partial charge in [0.15, 0.2) is 6.10 Å². The van der Waals surface area contributed by atoms with Crippen LogP contribution in [-0.4, -0.2) is 37.2 Å². The maximum atomic E-state index is 12.8. The summed E-state index contributed by atoms with van der Waals surface area (Å²) in [6.45, 7) is 6.31. The third-order valence-corrected chi connectivity index (χ3v) is 12.0. The Morgan fingerprint density at radius 2 is 0.533 bits per heavy atom. The van der Waals surface area contributed by atoms with E-state index in [-0.39, 0.29) is 44.0 Å². The maximum Gasteiger partial charge on any atom is 0.306 e. The summed E-state index contributed by atoms with van der Waals surface area (Å²) in [5.74, 6) is -1.01. The molecule has 6 heteroatoms. The van der Waals surface area contributed by atoms with Gasteiger partial charge in [-0.2, -0.15) is 0 Å². The normalized spacial score (nSPS) is 13.3. The van der Waals surface area contributed by atoms with Crippen LogP contribution in [0.2, 0.25) is 0 Å². The Hall–Kier alpha value is -4.97. The molecular weight excluding hydrogens is 925 g/mol.